The van der Waals surface area contributed by atoms with Crippen molar-refractivity contribution in [3.63, 3.8) is 0 Å². The van der Waals surface area contributed by atoms with Crippen LogP contribution >= 0.6 is 0 Å². The molecule has 6 nitrogen and oxygen atoms in total. The van der Waals surface area contributed by atoms with E-state index in [2.05, 4.69) is 0 Å². The standard InChI is InChI=1S/C2H4O2.4H2O.Y/c1-2(3)4;;;;;/h1H3,(H,3,4);4*1H2;. The van der Waals surface area contributed by atoms with Gasteiger partial charge in [0.2, 0.25) is 0 Å². The van der Waals surface area contributed by atoms with Gasteiger partial charge in [-0.05, 0) is 0 Å². The van der Waals surface area contributed by atoms with Crippen LogP contribution in [0.4, 0.5) is 0 Å². The van der Waals surface area contributed by atoms with Crippen molar-refractivity contribution in [3.05, 3.63) is 0 Å². The van der Waals surface area contributed by atoms with Crippen molar-refractivity contribution < 1.29 is 64.5 Å². The van der Waals surface area contributed by atoms with E-state index in [1.165, 1.54) is 0 Å². The molecule has 0 heterocycles. The van der Waals surface area contributed by atoms with E-state index < -0.39 is 5.97 Å². The molecule has 0 atom stereocenters. The Morgan fingerprint density at radius 1 is 1.11 bits per heavy atom. The van der Waals surface area contributed by atoms with Crippen LogP contribution in [0.1, 0.15) is 6.92 Å². The van der Waals surface area contributed by atoms with E-state index in [-0.39, 0.29) is 54.6 Å². The maximum atomic E-state index is 9.00. The van der Waals surface area contributed by atoms with Gasteiger partial charge in [0.25, 0.3) is 5.97 Å². The van der Waals surface area contributed by atoms with Crippen molar-refractivity contribution in [1.82, 2.24) is 0 Å². The Kier molecular flexibility index (Phi) is 252. The van der Waals surface area contributed by atoms with E-state index in [0.717, 1.165) is 6.92 Å². The fourth-order valence-electron chi connectivity index (χ4n) is 0. The molecular formula is C2H12O6Y. The second-order valence-corrected chi connectivity index (χ2v) is 0.519. The molecule has 59 valence electrons. The Hall–Kier alpha value is 0.414. The minimum atomic E-state index is -0.833. The van der Waals surface area contributed by atoms with Gasteiger partial charge in [-0.25, -0.2) is 0 Å². The Morgan fingerprint density at radius 2 is 1.11 bits per heavy atom. The summed E-state index contributed by atoms with van der Waals surface area (Å²) in [5.41, 5.74) is 0. The number of carboxylic acid groups (broad SMARTS) is 1. The van der Waals surface area contributed by atoms with Gasteiger partial charge in [-0.2, -0.15) is 0 Å². The largest absolute Gasteiger partial charge is 0.481 e. The third-order valence-corrected chi connectivity index (χ3v) is 0. The van der Waals surface area contributed by atoms with E-state index >= 15 is 0 Å². The van der Waals surface area contributed by atoms with Gasteiger partial charge in [0.1, 0.15) is 0 Å². The van der Waals surface area contributed by atoms with Gasteiger partial charge < -0.3 is 27.0 Å². The summed E-state index contributed by atoms with van der Waals surface area (Å²) in [5.74, 6) is -0.833. The first kappa shape index (κ1) is 57.2. The SMILES string of the molecule is CC(=O)O.O.O.O.O.[Y]. The number of rotatable bonds is 0. The predicted octanol–water partition coefficient (Wildman–Crippen LogP) is -3.21. The Bertz CT molecular complexity index is 34.0. The van der Waals surface area contributed by atoms with E-state index in [9.17, 15) is 0 Å². The number of hydrogen-bond acceptors (Lipinski definition) is 1. The molecule has 9 N–H and O–H groups in total. The summed E-state index contributed by atoms with van der Waals surface area (Å²) in [7, 11) is 0. The third kappa shape index (κ3) is 2020. The van der Waals surface area contributed by atoms with Crippen LogP contribution in [0.3, 0.4) is 0 Å². The average Bonchev–Trinajstić information content (AvgIpc) is 0.811. The van der Waals surface area contributed by atoms with Crippen molar-refractivity contribution in [2.24, 2.45) is 0 Å². The zero-order valence-electron chi connectivity index (χ0n) is 4.93. The first-order valence-electron chi connectivity index (χ1n) is 0.928. The van der Waals surface area contributed by atoms with Gasteiger partial charge >= 0.3 is 0 Å². The summed E-state index contributed by atoms with van der Waals surface area (Å²) >= 11 is 0. The van der Waals surface area contributed by atoms with Gasteiger partial charge in [0.15, 0.2) is 0 Å². The van der Waals surface area contributed by atoms with E-state index in [1.807, 2.05) is 0 Å². The molecule has 0 bridgehead atoms. The molecule has 0 fully saturated rings. The molecule has 0 aromatic rings. The fraction of sp³-hybridized carbons (Fsp3) is 0.500. The molecule has 0 saturated carbocycles. The quantitative estimate of drug-likeness (QED) is 0.455. The number of hydrogen-bond donors (Lipinski definition) is 1. The minimum absolute atomic E-state index is 0. The molecule has 0 aromatic heterocycles. The zero-order chi connectivity index (χ0) is 3.58. The van der Waals surface area contributed by atoms with Gasteiger partial charge in [0.05, 0.1) is 0 Å². The Balaban J connectivity index is -0.00000000450. The molecule has 0 aliphatic rings. The monoisotopic (exact) mass is 221 g/mol. The summed E-state index contributed by atoms with van der Waals surface area (Å²) in [6.07, 6.45) is 0. The van der Waals surface area contributed by atoms with Crippen LogP contribution in [0.2, 0.25) is 0 Å². The van der Waals surface area contributed by atoms with Gasteiger partial charge in [-0.3, -0.25) is 4.79 Å². The van der Waals surface area contributed by atoms with Crippen LogP contribution < -0.4 is 0 Å². The van der Waals surface area contributed by atoms with Gasteiger partial charge in [-0.1, -0.05) is 0 Å². The van der Waals surface area contributed by atoms with Gasteiger partial charge in [0, 0.05) is 39.6 Å². The van der Waals surface area contributed by atoms with Crippen LogP contribution in [-0.2, 0) is 37.5 Å². The molecule has 0 spiro atoms. The van der Waals surface area contributed by atoms with Crippen LogP contribution in [0.5, 0.6) is 0 Å². The summed E-state index contributed by atoms with van der Waals surface area (Å²) < 4.78 is 0. The van der Waals surface area contributed by atoms with Gasteiger partial charge in [-0.15, -0.1) is 0 Å². The van der Waals surface area contributed by atoms with Crippen molar-refractivity contribution in [2.75, 3.05) is 0 Å². The van der Waals surface area contributed by atoms with Crippen molar-refractivity contribution >= 4 is 5.97 Å². The molecule has 0 saturated heterocycles. The zero-order valence-corrected chi connectivity index (χ0v) is 7.77. The molecule has 0 aromatic carbocycles. The Labute approximate surface area is 77.4 Å². The predicted molar refractivity (Wildman–Crippen MR) is 27.8 cm³/mol. The van der Waals surface area contributed by atoms with E-state index in [1.54, 1.807) is 0 Å². The number of aliphatic carboxylic acids is 1. The molecule has 0 rings (SSSR count). The van der Waals surface area contributed by atoms with Crippen molar-refractivity contribution in [2.45, 2.75) is 6.92 Å². The summed E-state index contributed by atoms with van der Waals surface area (Å²) in [4.78, 5) is 9.00. The normalized spacial score (nSPS) is 2.78. The second kappa shape index (κ2) is 39.7. The summed E-state index contributed by atoms with van der Waals surface area (Å²) in [5, 5.41) is 7.42. The molecule has 1 radical (unpaired) electrons. The third-order valence-electron chi connectivity index (χ3n) is 0. The number of carboxylic acids is 1. The molecule has 0 aliphatic carbocycles. The van der Waals surface area contributed by atoms with E-state index in [4.69, 9.17) is 9.90 Å². The molecule has 7 heteroatoms. The summed E-state index contributed by atoms with van der Waals surface area (Å²) in [6, 6.07) is 0. The maximum absolute atomic E-state index is 9.00. The number of carbonyl (C=O) groups is 1. The maximum Gasteiger partial charge on any atom is 0.300 e. The topological polar surface area (TPSA) is 163 Å². The van der Waals surface area contributed by atoms with Crippen LogP contribution in [-0.4, -0.2) is 33.0 Å². The van der Waals surface area contributed by atoms with Crippen LogP contribution in [0.25, 0.3) is 0 Å². The molecular weight excluding hydrogens is 209 g/mol. The first-order chi connectivity index (χ1) is 1.73. The molecule has 0 unspecified atom stereocenters. The Morgan fingerprint density at radius 3 is 1.11 bits per heavy atom. The fourth-order valence-corrected chi connectivity index (χ4v) is 0. The molecule has 0 aliphatic heterocycles. The minimum Gasteiger partial charge on any atom is -0.481 e. The summed E-state index contributed by atoms with van der Waals surface area (Å²) in [6.45, 7) is 1.08. The van der Waals surface area contributed by atoms with Crippen molar-refractivity contribution in [1.29, 1.82) is 0 Å². The second-order valence-electron chi connectivity index (χ2n) is 0.519. The van der Waals surface area contributed by atoms with Crippen LogP contribution in [0.15, 0.2) is 0 Å². The first-order valence-corrected chi connectivity index (χ1v) is 0.928. The van der Waals surface area contributed by atoms with Crippen LogP contribution in [0, 0.1) is 0 Å². The molecule has 9 heavy (non-hydrogen) atoms. The average molecular weight is 221 g/mol. The molecule has 0 amide bonds. The smallest absolute Gasteiger partial charge is 0.300 e. The van der Waals surface area contributed by atoms with Crippen molar-refractivity contribution in [3.8, 4) is 0 Å². The van der Waals surface area contributed by atoms with E-state index in [0.29, 0.717) is 0 Å².